The summed E-state index contributed by atoms with van der Waals surface area (Å²) in [7, 11) is 0. The molecule has 0 radical (unpaired) electrons. The number of aryl methyl sites for hydroxylation is 2. The Kier molecular flexibility index (Phi) is 5.10. The van der Waals surface area contributed by atoms with Crippen molar-refractivity contribution in [3.63, 3.8) is 0 Å². The van der Waals surface area contributed by atoms with Crippen LogP contribution in [0, 0.1) is 6.92 Å². The van der Waals surface area contributed by atoms with E-state index in [9.17, 15) is 0 Å². The molecule has 0 fully saturated rings. The summed E-state index contributed by atoms with van der Waals surface area (Å²) in [4.78, 5) is 4.56. The molecule has 0 aliphatic rings. The molecule has 5 heteroatoms. The van der Waals surface area contributed by atoms with Crippen molar-refractivity contribution in [2.75, 3.05) is 6.54 Å². The summed E-state index contributed by atoms with van der Waals surface area (Å²) in [6, 6.07) is 0.307. The number of nitrogens with one attached hydrogen (secondary N) is 1. The molecule has 2 rings (SSSR count). The number of thiazole rings is 1. The van der Waals surface area contributed by atoms with Gasteiger partial charge in [-0.05, 0) is 26.8 Å². The van der Waals surface area contributed by atoms with Crippen LogP contribution >= 0.6 is 11.3 Å². The van der Waals surface area contributed by atoms with Crippen LogP contribution in [0.2, 0.25) is 0 Å². The highest BCUT2D eigenvalue weighted by molar-refractivity contribution is 7.09. The third-order valence-electron chi connectivity index (χ3n) is 3.10. The average molecular weight is 278 g/mol. The Morgan fingerprint density at radius 3 is 2.84 bits per heavy atom. The number of rotatable bonds is 7. The third-order valence-corrected chi connectivity index (χ3v) is 3.92. The molecule has 2 aromatic rings. The second-order valence-corrected chi connectivity index (χ2v) is 5.76. The van der Waals surface area contributed by atoms with E-state index in [2.05, 4.69) is 47.7 Å². The van der Waals surface area contributed by atoms with Crippen LogP contribution in [0.25, 0.3) is 0 Å². The SMILES string of the molecule is CCCNC(Cc1csc(C)n1)c1cnn(CC)c1. The molecule has 0 spiro atoms. The van der Waals surface area contributed by atoms with E-state index < -0.39 is 0 Å². The number of hydrogen-bond acceptors (Lipinski definition) is 4. The van der Waals surface area contributed by atoms with Gasteiger partial charge in [0, 0.05) is 36.1 Å². The Morgan fingerprint density at radius 1 is 1.42 bits per heavy atom. The lowest BCUT2D eigenvalue weighted by atomic mass is 10.1. The first-order chi connectivity index (χ1) is 9.22. The van der Waals surface area contributed by atoms with E-state index >= 15 is 0 Å². The summed E-state index contributed by atoms with van der Waals surface area (Å²) in [5.41, 5.74) is 2.42. The molecule has 1 N–H and O–H groups in total. The standard InChI is InChI=1S/C14H22N4S/c1-4-6-15-14(7-13-10-19-11(3)17-13)12-8-16-18(5-2)9-12/h8-10,14-15H,4-7H2,1-3H3. The lowest BCUT2D eigenvalue weighted by Gasteiger charge is -2.15. The molecule has 0 aromatic carbocycles. The molecule has 0 bridgehead atoms. The zero-order chi connectivity index (χ0) is 13.7. The number of aromatic nitrogens is 3. The zero-order valence-corrected chi connectivity index (χ0v) is 12.7. The topological polar surface area (TPSA) is 42.7 Å². The van der Waals surface area contributed by atoms with Gasteiger partial charge in [-0.1, -0.05) is 6.92 Å². The first kappa shape index (κ1) is 14.2. The fraction of sp³-hybridized carbons (Fsp3) is 0.571. The average Bonchev–Trinajstić information content (AvgIpc) is 3.03. The molecule has 0 saturated heterocycles. The van der Waals surface area contributed by atoms with Crippen LogP contribution in [0.3, 0.4) is 0 Å². The quantitative estimate of drug-likeness (QED) is 0.846. The van der Waals surface area contributed by atoms with Gasteiger partial charge in [0.25, 0.3) is 0 Å². The summed E-state index contributed by atoms with van der Waals surface area (Å²) >= 11 is 1.72. The first-order valence-electron chi connectivity index (χ1n) is 6.89. The molecule has 2 heterocycles. The molecular weight excluding hydrogens is 256 g/mol. The van der Waals surface area contributed by atoms with Gasteiger partial charge in [-0.2, -0.15) is 5.10 Å². The highest BCUT2D eigenvalue weighted by atomic mass is 32.1. The first-order valence-corrected chi connectivity index (χ1v) is 7.77. The highest BCUT2D eigenvalue weighted by Crippen LogP contribution is 2.19. The molecule has 0 aliphatic carbocycles. The van der Waals surface area contributed by atoms with Crippen LogP contribution in [0.5, 0.6) is 0 Å². The van der Waals surface area contributed by atoms with Gasteiger partial charge >= 0.3 is 0 Å². The highest BCUT2D eigenvalue weighted by Gasteiger charge is 2.15. The van der Waals surface area contributed by atoms with Crippen molar-refractivity contribution >= 4 is 11.3 Å². The van der Waals surface area contributed by atoms with E-state index in [0.29, 0.717) is 6.04 Å². The fourth-order valence-electron chi connectivity index (χ4n) is 2.07. The van der Waals surface area contributed by atoms with Crippen LogP contribution < -0.4 is 5.32 Å². The van der Waals surface area contributed by atoms with Gasteiger partial charge in [0.2, 0.25) is 0 Å². The summed E-state index contributed by atoms with van der Waals surface area (Å²) in [5.74, 6) is 0. The summed E-state index contributed by atoms with van der Waals surface area (Å²) in [6.45, 7) is 8.28. The van der Waals surface area contributed by atoms with E-state index in [1.807, 2.05) is 10.9 Å². The molecule has 104 valence electrons. The van der Waals surface area contributed by atoms with Gasteiger partial charge in [-0.25, -0.2) is 4.98 Å². The minimum atomic E-state index is 0.307. The normalized spacial score (nSPS) is 12.8. The fourth-order valence-corrected chi connectivity index (χ4v) is 2.70. The van der Waals surface area contributed by atoms with Crippen LogP contribution in [-0.2, 0) is 13.0 Å². The number of nitrogens with zero attached hydrogens (tertiary/aromatic N) is 3. The summed E-state index contributed by atoms with van der Waals surface area (Å²) in [6.07, 6.45) is 6.16. The molecule has 0 aliphatic heterocycles. The monoisotopic (exact) mass is 278 g/mol. The Morgan fingerprint density at radius 2 is 2.26 bits per heavy atom. The third kappa shape index (κ3) is 3.88. The summed E-state index contributed by atoms with van der Waals surface area (Å²) in [5, 5.41) is 11.2. The lowest BCUT2D eigenvalue weighted by Crippen LogP contribution is -2.24. The molecule has 19 heavy (non-hydrogen) atoms. The van der Waals surface area contributed by atoms with Crippen LogP contribution in [0.1, 0.15) is 42.6 Å². The Hall–Kier alpha value is -1.20. The maximum Gasteiger partial charge on any atom is 0.0897 e. The Balaban J connectivity index is 2.10. The second-order valence-electron chi connectivity index (χ2n) is 4.70. The van der Waals surface area contributed by atoms with E-state index in [-0.39, 0.29) is 0 Å². The lowest BCUT2D eigenvalue weighted by molar-refractivity contribution is 0.524. The molecule has 2 aromatic heterocycles. The van der Waals surface area contributed by atoms with Crippen molar-refractivity contribution in [1.29, 1.82) is 0 Å². The van der Waals surface area contributed by atoms with E-state index in [0.717, 1.165) is 30.9 Å². The Labute approximate surface area is 118 Å². The maximum absolute atomic E-state index is 4.56. The van der Waals surface area contributed by atoms with E-state index in [1.165, 1.54) is 11.3 Å². The van der Waals surface area contributed by atoms with Crippen molar-refractivity contribution in [2.24, 2.45) is 0 Å². The van der Waals surface area contributed by atoms with Crippen molar-refractivity contribution in [3.8, 4) is 0 Å². The largest absolute Gasteiger partial charge is 0.310 e. The van der Waals surface area contributed by atoms with Crippen LogP contribution in [0.4, 0.5) is 0 Å². The predicted octanol–water partition coefficient (Wildman–Crippen LogP) is 2.95. The minimum Gasteiger partial charge on any atom is -0.310 e. The second kappa shape index (κ2) is 6.82. The van der Waals surface area contributed by atoms with Crippen molar-refractivity contribution in [3.05, 3.63) is 34.0 Å². The van der Waals surface area contributed by atoms with Crippen LogP contribution in [-0.4, -0.2) is 21.3 Å². The smallest absolute Gasteiger partial charge is 0.0897 e. The summed E-state index contributed by atoms with van der Waals surface area (Å²) < 4.78 is 1.97. The van der Waals surface area contributed by atoms with E-state index in [4.69, 9.17) is 0 Å². The molecule has 1 unspecified atom stereocenters. The molecular formula is C14H22N4S. The van der Waals surface area contributed by atoms with E-state index in [1.54, 1.807) is 11.3 Å². The van der Waals surface area contributed by atoms with Gasteiger partial charge in [-0.3, -0.25) is 4.68 Å². The molecule has 0 amide bonds. The van der Waals surface area contributed by atoms with Gasteiger partial charge in [0.1, 0.15) is 0 Å². The van der Waals surface area contributed by atoms with Crippen molar-refractivity contribution in [2.45, 2.75) is 46.2 Å². The predicted molar refractivity (Wildman–Crippen MR) is 79.5 cm³/mol. The molecule has 1 atom stereocenters. The van der Waals surface area contributed by atoms with Gasteiger partial charge in [-0.15, -0.1) is 11.3 Å². The van der Waals surface area contributed by atoms with Crippen molar-refractivity contribution in [1.82, 2.24) is 20.1 Å². The zero-order valence-electron chi connectivity index (χ0n) is 11.9. The van der Waals surface area contributed by atoms with Gasteiger partial charge < -0.3 is 5.32 Å². The Bertz CT molecular complexity index is 503. The molecule has 4 nitrogen and oxygen atoms in total. The van der Waals surface area contributed by atoms with Gasteiger partial charge in [0.15, 0.2) is 0 Å². The van der Waals surface area contributed by atoms with Gasteiger partial charge in [0.05, 0.1) is 16.9 Å². The number of hydrogen-bond donors (Lipinski definition) is 1. The maximum atomic E-state index is 4.56. The molecule has 0 saturated carbocycles. The van der Waals surface area contributed by atoms with Crippen LogP contribution in [0.15, 0.2) is 17.8 Å². The minimum absolute atomic E-state index is 0.307. The van der Waals surface area contributed by atoms with Crippen molar-refractivity contribution < 1.29 is 0 Å².